The van der Waals surface area contributed by atoms with Gasteiger partial charge in [0.15, 0.2) is 0 Å². The predicted octanol–water partition coefficient (Wildman–Crippen LogP) is 1.25. The van der Waals surface area contributed by atoms with Gasteiger partial charge in [0.1, 0.15) is 5.82 Å². The molecule has 0 atom stereocenters. The molecule has 0 saturated carbocycles. The molecule has 0 fully saturated rings. The van der Waals surface area contributed by atoms with Gasteiger partial charge in [-0.2, -0.15) is 0 Å². The van der Waals surface area contributed by atoms with Gasteiger partial charge in [0, 0.05) is 12.6 Å². The third kappa shape index (κ3) is 2.82. The van der Waals surface area contributed by atoms with Crippen molar-refractivity contribution in [2.45, 2.75) is 19.9 Å². The van der Waals surface area contributed by atoms with E-state index in [1.165, 1.54) is 18.3 Å². The highest BCUT2D eigenvalue weighted by molar-refractivity contribution is 5.75. The van der Waals surface area contributed by atoms with E-state index < -0.39 is 0 Å². The van der Waals surface area contributed by atoms with E-state index in [9.17, 15) is 9.18 Å². The van der Waals surface area contributed by atoms with Gasteiger partial charge >= 0.3 is 0 Å². The van der Waals surface area contributed by atoms with Crippen LogP contribution in [0.4, 0.5) is 4.39 Å². The van der Waals surface area contributed by atoms with E-state index in [1.54, 1.807) is 6.92 Å². The number of amides is 1. The molecule has 0 radical (unpaired) electrons. The minimum atomic E-state index is -0.390. The van der Waals surface area contributed by atoms with Crippen molar-refractivity contribution in [3.63, 3.8) is 0 Å². The molecule has 1 aromatic rings. The maximum absolute atomic E-state index is 12.9. The number of pyridine rings is 1. The summed E-state index contributed by atoms with van der Waals surface area (Å²) in [5.41, 5.74) is 0.268. The van der Waals surface area contributed by atoms with Crippen molar-refractivity contribution >= 4 is 5.91 Å². The fraction of sp³-hybridized carbons (Fsp3) is 0.333. The van der Waals surface area contributed by atoms with E-state index in [2.05, 4.69) is 10.3 Å². The molecule has 1 amide bonds. The van der Waals surface area contributed by atoms with Crippen LogP contribution in [0.3, 0.4) is 0 Å². The SMILES string of the molecule is CCC(=O)NCc1ncccc1F. The van der Waals surface area contributed by atoms with Crippen molar-refractivity contribution in [3.8, 4) is 0 Å². The van der Waals surface area contributed by atoms with E-state index in [1.807, 2.05) is 0 Å². The Bertz CT molecular complexity index is 301. The lowest BCUT2D eigenvalue weighted by atomic mass is 10.3. The summed E-state index contributed by atoms with van der Waals surface area (Å²) in [4.78, 5) is 14.6. The molecular weight excluding hydrogens is 171 g/mol. The molecule has 1 aromatic heterocycles. The molecule has 1 rings (SSSR count). The van der Waals surface area contributed by atoms with Crippen molar-refractivity contribution in [2.75, 3.05) is 0 Å². The van der Waals surface area contributed by atoms with Crippen LogP contribution in [0, 0.1) is 5.82 Å². The van der Waals surface area contributed by atoms with Crippen molar-refractivity contribution in [2.24, 2.45) is 0 Å². The standard InChI is InChI=1S/C9H11FN2O/c1-2-9(13)12-6-8-7(10)4-3-5-11-8/h3-5H,2,6H2,1H3,(H,12,13). The van der Waals surface area contributed by atoms with Crippen molar-refractivity contribution < 1.29 is 9.18 Å². The summed E-state index contributed by atoms with van der Waals surface area (Å²) in [7, 11) is 0. The lowest BCUT2D eigenvalue weighted by Crippen LogP contribution is -2.22. The summed E-state index contributed by atoms with van der Waals surface area (Å²) in [5.74, 6) is -0.496. The normalized spacial score (nSPS) is 9.69. The third-order valence-electron chi connectivity index (χ3n) is 1.61. The van der Waals surface area contributed by atoms with Crippen molar-refractivity contribution in [3.05, 3.63) is 29.8 Å². The number of aromatic nitrogens is 1. The number of hydrogen-bond donors (Lipinski definition) is 1. The lowest BCUT2D eigenvalue weighted by molar-refractivity contribution is -0.120. The Kier molecular flexibility index (Phi) is 3.37. The Balaban J connectivity index is 2.54. The minimum absolute atomic E-state index is 0.106. The van der Waals surface area contributed by atoms with Gasteiger partial charge in [-0.15, -0.1) is 0 Å². The highest BCUT2D eigenvalue weighted by atomic mass is 19.1. The molecule has 13 heavy (non-hydrogen) atoms. The highest BCUT2D eigenvalue weighted by Crippen LogP contribution is 2.01. The van der Waals surface area contributed by atoms with Gasteiger partial charge in [-0.1, -0.05) is 6.92 Å². The topological polar surface area (TPSA) is 42.0 Å². The van der Waals surface area contributed by atoms with Gasteiger partial charge in [0.2, 0.25) is 5.91 Å². The van der Waals surface area contributed by atoms with Crippen LogP contribution in [-0.4, -0.2) is 10.9 Å². The van der Waals surface area contributed by atoms with Gasteiger partial charge in [-0.05, 0) is 12.1 Å². The van der Waals surface area contributed by atoms with Gasteiger partial charge < -0.3 is 5.32 Å². The molecule has 3 nitrogen and oxygen atoms in total. The van der Waals surface area contributed by atoms with Crippen LogP contribution in [-0.2, 0) is 11.3 Å². The second-order valence-electron chi connectivity index (χ2n) is 2.56. The average molecular weight is 182 g/mol. The minimum Gasteiger partial charge on any atom is -0.350 e. The van der Waals surface area contributed by atoms with Crippen molar-refractivity contribution in [1.29, 1.82) is 0 Å². The molecule has 4 heteroatoms. The fourth-order valence-electron chi connectivity index (χ4n) is 0.856. The molecule has 0 spiro atoms. The second-order valence-corrected chi connectivity index (χ2v) is 2.56. The fourth-order valence-corrected chi connectivity index (χ4v) is 0.856. The molecule has 0 bridgehead atoms. The Morgan fingerprint density at radius 1 is 1.69 bits per heavy atom. The molecule has 70 valence electrons. The van der Waals surface area contributed by atoms with E-state index >= 15 is 0 Å². The van der Waals surface area contributed by atoms with E-state index in [0.717, 1.165) is 0 Å². The predicted molar refractivity (Wildman–Crippen MR) is 46.3 cm³/mol. The Labute approximate surface area is 76.0 Å². The summed E-state index contributed by atoms with van der Waals surface area (Å²) in [6, 6.07) is 2.83. The van der Waals surface area contributed by atoms with Crippen molar-refractivity contribution in [1.82, 2.24) is 10.3 Å². The van der Waals surface area contributed by atoms with Crippen LogP contribution in [0.1, 0.15) is 19.0 Å². The number of nitrogens with one attached hydrogen (secondary N) is 1. The summed E-state index contributed by atoms with van der Waals surface area (Å²) < 4.78 is 12.9. The number of carbonyl (C=O) groups excluding carboxylic acids is 1. The first-order chi connectivity index (χ1) is 6.24. The van der Waals surface area contributed by atoms with Gasteiger partial charge in [0.25, 0.3) is 0 Å². The number of carbonyl (C=O) groups is 1. The number of rotatable bonds is 3. The largest absolute Gasteiger partial charge is 0.350 e. The van der Waals surface area contributed by atoms with Gasteiger partial charge in [0.05, 0.1) is 12.2 Å². The van der Waals surface area contributed by atoms with E-state index in [-0.39, 0.29) is 24.0 Å². The first-order valence-electron chi connectivity index (χ1n) is 4.10. The molecule has 0 unspecified atom stereocenters. The quantitative estimate of drug-likeness (QED) is 0.764. The van der Waals surface area contributed by atoms with Crippen LogP contribution >= 0.6 is 0 Å². The summed E-state index contributed by atoms with van der Waals surface area (Å²) in [6.07, 6.45) is 1.89. The first-order valence-corrected chi connectivity index (χ1v) is 4.10. The highest BCUT2D eigenvalue weighted by Gasteiger charge is 2.03. The Morgan fingerprint density at radius 3 is 3.08 bits per heavy atom. The number of hydrogen-bond acceptors (Lipinski definition) is 2. The monoisotopic (exact) mass is 182 g/mol. The third-order valence-corrected chi connectivity index (χ3v) is 1.61. The first kappa shape index (κ1) is 9.64. The number of nitrogens with zero attached hydrogens (tertiary/aromatic N) is 1. The second kappa shape index (κ2) is 4.54. The smallest absolute Gasteiger partial charge is 0.220 e. The van der Waals surface area contributed by atoms with E-state index in [4.69, 9.17) is 0 Å². The van der Waals surface area contributed by atoms with Crippen LogP contribution in [0.5, 0.6) is 0 Å². The molecule has 0 aliphatic carbocycles. The van der Waals surface area contributed by atoms with Crippen LogP contribution in [0.15, 0.2) is 18.3 Å². The summed E-state index contributed by atoms with van der Waals surface area (Å²) in [6.45, 7) is 1.89. The molecule has 0 aliphatic heterocycles. The summed E-state index contributed by atoms with van der Waals surface area (Å²) >= 11 is 0. The summed E-state index contributed by atoms with van der Waals surface area (Å²) in [5, 5.41) is 2.55. The van der Waals surface area contributed by atoms with Crippen LogP contribution in [0.25, 0.3) is 0 Å². The van der Waals surface area contributed by atoms with Gasteiger partial charge in [-0.3, -0.25) is 9.78 Å². The molecule has 0 aromatic carbocycles. The van der Waals surface area contributed by atoms with Crippen LogP contribution < -0.4 is 5.32 Å². The zero-order valence-corrected chi connectivity index (χ0v) is 7.38. The molecule has 1 N–H and O–H groups in total. The van der Waals surface area contributed by atoms with Gasteiger partial charge in [-0.25, -0.2) is 4.39 Å². The Hall–Kier alpha value is -1.45. The molecule has 0 saturated heterocycles. The van der Waals surface area contributed by atoms with Crippen LogP contribution in [0.2, 0.25) is 0 Å². The molecular formula is C9H11FN2O. The average Bonchev–Trinajstić information content (AvgIpc) is 2.16. The maximum Gasteiger partial charge on any atom is 0.220 e. The molecule has 1 heterocycles. The zero-order valence-electron chi connectivity index (χ0n) is 7.38. The molecule has 0 aliphatic rings. The number of halogens is 1. The zero-order chi connectivity index (χ0) is 9.68. The van der Waals surface area contributed by atoms with E-state index in [0.29, 0.717) is 6.42 Å². The Morgan fingerprint density at radius 2 is 2.46 bits per heavy atom. The lowest BCUT2D eigenvalue weighted by Gasteiger charge is -2.02. The maximum atomic E-state index is 12.9.